The van der Waals surface area contributed by atoms with Crippen molar-refractivity contribution in [1.29, 1.82) is 0 Å². The quantitative estimate of drug-likeness (QED) is 0.515. The second-order valence-electron chi connectivity index (χ2n) is 7.32. The Morgan fingerprint density at radius 2 is 1.74 bits per heavy atom. The lowest BCUT2D eigenvalue weighted by atomic mass is 9.78. The molecule has 1 aliphatic heterocycles. The van der Waals surface area contributed by atoms with Crippen molar-refractivity contribution < 1.29 is 31.7 Å². The van der Waals surface area contributed by atoms with Crippen LogP contribution < -0.4 is 0 Å². The summed E-state index contributed by atoms with van der Waals surface area (Å²) in [4.78, 5) is 11.3. The third kappa shape index (κ3) is 5.15. The summed E-state index contributed by atoms with van der Waals surface area (Å²) in [6, 6.07) is 2.32. The molecule has 1 aromatic carbocycles. The van der Waals surface area contributed by atoms with Gasteiger partial charge in [0.05, 0.1) is 16.8 Å². The number of hydrogen-bond acceptors (Lipinski definition) is 4. The van der Waals surface area contributed by atoms with Crippen molar-refractivity contribution in [2.75, 3.05) is 5.75 Å². The molecule has 0 spiro atoms. The van der Waals surface area contributed by atoms with Crippen LogP contribution in [0.3, 0.4) is 0 Å². The van der Waals surface area contributed by atoms with Crippen molar-refractivity contribution in [3.63, 3.8) is 0 Å². The molecule has 0 aliphatic carbocycles. The molecule has 0 atom stereocenters. The van der Waals surface area contributed by atoms with E-state index in [9.17, 15) is 22.4 Å². The number of halogens is 4. The van der Waals surface area contributed by atoms with Crippen LogP contribution in [0.4, 0.5) is 17.6 Å². The Morgan fingerprint density at radius 1 is 1.19 bits per heavy atom. The molecule has 0 radical (unpaired) electrons. The van der Waals surface area contributed by atoms with Gasteiger partial charge < -0.3 is 9.31 Å². The van der Waals surface area contributed by atoms with Crippen LogP contribution in [0.1, 0.15) is 45.7 Å². The molecule has 9 heteroatoms. The van der Waals surface area contributed by atoms with Gasteiger partial charge in [0.1, 0.15) is 5.82 Å². The molecule has 148 valence electrons. The molecule has 3 nitrogen and oxygen atoms in total. The van der Waals surface area contributed by atoms with Gasteiger partial charge in [0.25, 0.3) is 0 Å². The zero-order valence-electron chi connectivity index (χ0n) is 15.7. The summed E-state index contributed by atoms with van der Waals surface area (Å²) in [5.41, 5.74) is -1.91. The van der Waals surface area contributed by atoms with Gasteiger partial charge in [-0.25, -0.2) is 4.39 Å². The SMILES string of the molecule is CC(=O)SCC(=Cc1ccc(C(F)(F)F)cc1F)B1OC(C)(C)C(C)(C)O1. The van der Waals surface area contributed by atoms with E-state index >= 15 is 0 Å². The first-order valence-corrected chi connectivity index (χ1v) is 9.28. The zero-order chi connectivity index (χ0) is 20.6. The maximum Gasteiger partial charge on any atom is 0.491 e. The first kappa shape index (κ1) is 22.0. The summed E-state index contributed by atoms with van der Waals surface area (Å²) in [6.45, 7) is 8.79. The van der Waals surface area contributed by atoms with Crippen LogP contribution >= 0.6 is 11.8 Å². The number of carbonyl (C=O) groups is 1. The highest BCUT2D eigenvalue weighted by molar-refractivity contribution is 8.13. The third-order valence-corrected chi connectivity index (χ3v) is 5.55. The van der Waals surface area contributed by atoms with Crippen molar-refractivity contribution in [3.05, 3.63) is 40.6 Å². The molecule has 2 rings (SSSR count). The summed E-state index contributed by atoms with van der Waals surface area (Å²) < 4.78 is 64.3. The van der Waals surface area contributed by atoms with Crippen LogP contribution in [-0.2, 0) is 20.3 Å². The summed E-state index contributed by atoms with van der Waals surface area (Å²) in [6.07, 6.45) is -3.24. The van der Waals surface area contributed by atoms with E-state index in [1.807, 2.05) is 27.7 Å². The minimum Gasteiger partial charge on any atom is -0.400 e. The first-order chi connectivity index (χ1) is 12.2. The van der Waals surface area contributed by atoms with Crippen LogP contribution in [0.2, 0.25) is 0 Å². The Labute approximate surface area is 160 Å². The molecular weight excluding hydrogens is 383 g/mol. The lowest BCUT2D eigenvalue weighted by molar-refractivity contribution is -0.137. The summed E-state index contributed by atoms with van der Waals surface area (Å²) in [7, 11) is -0.830. The van der Waals surface area contributed by atoms with Gasteiger partial charge in [-0.15, -0.1) is 0 Å². The Balaban J connectivity index is 2.39. The van der Waals surface area contributed by atoms with E-state index in [0.717, 1.165) is 23.9 Å². The molecule has 1 heterocycles. The molecule has 27 heavy (non-hydrogen) atoms. The van der Waals surface area contributed by atoms with Crippen molar-refractivity contribution in [3.8, 4) is 0 Å². The van der Waals surface area contributed by atoms with Gasteiger partial charge in [0.2, 0.25) is 0 Å². The Morgan fingerprint density at radius 3 is 2.19 bits per heavy atom. The lowest BCUT2D eigenvalue weighted by Crippen LogP contribution is -2.41. The van der Waals surface area contributed by atoms with Gasteiger partial charge in [-0.05, 0) is 45.3 Å². The summed E-state index contributed by atoms with van der Waals surface area (Å²) >= 11 is 0.989. The van der Waals surface area contributed by atoms with Crippen LogP contribution in [0.15, 0.2) is 23.7 Å². The number of hydrogen-bond donors (Lipinski definition) is 0. The first-order valence-electron chi connectivity index (χ1n) is 8.29. The minimum absolute atomic E-state index is 0.0307. The predicted octanol–water partition coefficient (Wildman–Crippen LogP) is 5.14. The van der Waals surface area contributed by atoms with Gasteiger partial charge in [-0.2, -0.15) is 13.2 Å². The predicted molar refractivity (Wildman–Crippen MR) is 98.6 cm³/mol. The van der Waals surface area contributed by atoms with Crippen molar-refractivity contribution >= 4 is 30.1 Å². The molecule has 0 aromatic heterocycles. The average molecular weight is 404 g/mol. The molecule has 1 saturated heterocycles. The molecule has 0 bridgehead atoms. The van der Waals surface area contributed by atoms with Crippen LogP contribution in [0.25, 0.3) is 6.08 Å². The largest absolute Gasteiger partial charge is 0.491 e. The fourth-order valence-corrected chi connectivity index (χ4v) is 2.97. The molecule has 1 fully saturated rings. The van der Waals surface area contributed by atoms with E-state index in [1.54, 1.807) is 0 Å². The maximum atomic E-state index is 14.2. The van der Waals surface area contributed by atoms with Gasteiger partial charge in [0, 0.05) is 18.2 Å². The molecule has 0 saturated carbocycles. The topological polar surface area (TPSA) is 35.5 Å². The molecular formula is C18H21BF4O3S. The fourth-order valence-electron chi connectivity index (χ4n) is 2.38. The van der Waals surface area contributed by atoms with E-state index < -0.39 is 35.9 Å². The van der Waals surface area contributed by atoms with Gasteiger partial charge >= 0.3 is 13.3 Å². The van der Waals surface area contributed by atoms with Crippen LogP contribution in [0.5, 0.6) is 0 Å². The standard InChI is InChI=1S/C18H21BF4O3S/c1-11(24)27-10-14(19-25-16(2,3)17(4,5)26-19)8-12-6-7-13(9-15(12)20)18(21,22)23/h6-9H,10H2,1-5H3. The molecule has 1 aliphatic rings. The van der Waals surface area contributed by atoms with Crippen molar-refractivity contribution in [2.24, 2.45) is 0 Å². The minimum atomic E-state index is -4.62. The van der Waals surface area contributed by atoms with Gasteiger partial charge in [-0.1, -0.05) is 23.9 Å². The normalized spacial score (nSPS) is 19.4. The smallest absolute Gasteiger partial charge is 0.400 e. The van der Waals surface area contributed by atoms with E-state index in [1.165, 1.54) is 13.0 Å². The summed E-state index contributed by atoms with van der Waals surface area (Å²) in [5, 5.41) is -0.148. The number of alkyl halides is 3. The Hall–Kier alpha value is -1.32. The molecule has 0 N–H and O–H groups in total. The summed E-state index contributed by atoms with van der Waals surface area (Å²) in [5.74, 6) is -0.834. The molecule has 0 amide bonds. The Kier molecular flexibility index (Phi) is 6.19. The monoisotopic (exact) mass is 404 g/mol. The highest BCUT2D eigenvalue weighted by atomic mass is 32.2. The average Bonchev–Trinajstić information content (AvgIpc) is 2.71. The molecule has 1 aromatic rings. The van der Waals surface area contributed by atoms with Crippen LogP contribution in [-0.4, -0.2) is 29.2 Å². The van der Waals surface area contributed by atoms with E-state index in [0.29, 0.717) is 11.5 Å². The second-order valence-corrected chi connectivity index (χ2v) is 8.47. The highest BCUT2D eigenvalue weighted by Crippen LogP contribution is 2.39. The number of thioether (sulfide) groups is 1. The van der Waals surface area contributed by atoms with E-state index in [-0.39, 0.29) is 16.4 Å². The fraction of sp³-hybridized carbons (Fsp3) is 0.500. The lowest BCUT2D eigenvalue weighted by Gasteiger charge is -2.32. The van der Waals surface area contributed by atoms with E-state index in [2.05, 4.69) is 0 Å². The van der Waals surface area contributed by atoms with Gasteiger partial charge in [-0.3, -0.25) is 4.79 Å². The number of carbonyl (C=O) groups excluding carboxylic acids is 1. The zero-order valence-corrected chi connectivity index (χ0v) is 16.6. The van der Waals surface area contributed by atoms with Crippen molar-refractivity contribution in [1.82, 2.24) is 0 Å². The second kappa shape index (κ2) is 7.60. The highest BCUT2D eigenvalue weighted by Gasteiger charge is 2.52. The van der Waals surface area contributed by atoms with Crippen molar-refractivity contribution in [2.45, 2.75) is 52.0 Å². The van der Waals surface area contributed by atoms with Crippen LogP contribution in [0, 0.1) is 5.82 Å². The Bertz CT molecular complexity index is 743. The third-order valence-electron chi connectivity index (χ3n) is 4.67. The maximum absolute atomic E-state index is 14.2. The number of benzene rings is 1. The van der Waals surface area contributed by atoms with E-state index in [4.69, 9.17) is 9.31 Å². The molecule has 0 unspecified atom stereocenters. The van der Waals surface area contributed by atoms with Gasteiger partial charge in [0.15, 0.2) is 5.12 Å². The number of rotatable bonds is 4.